The molecule has 0 aliphatic carbocycles. The van der Waals surface area contributed by atoms with Crippen LogP contribution in [0.15, 0.2) is 78.0 Å². The van der Waals surface area contributed by atoms with Gasteiger partial charge in [-0.05, 0) is 47.5 Å². The molecule has 188 valence electrons. The summed E-state index contributed by atoms with van der Waals surface area (Å²) in [6.07, 6.45) is 2.76. The number of hydrazone groups is 1. The van der Waals surface area contributed by atoms with Crippen molar-refractivity contribution in [1.29, 1.82) is 0 Å². The molecule has 10 heteroatoms. The highest BCUT2D eigenvalue weighted by Crippen LogP contribution is 2.33. The van der Waals surface area contributed by atoms with E-state index >= 15 is 0 Å². The van der Waals surface area contributed by atoms with E-state index in [2.05, 4.69) is 25.8 Å². The molecule has 8 nitrogen and oxygen atoms in total. The maximum atomic E-state index is 14.2. The number of hydrogen-bond acceptors (Lipinski definition) is 8. The topological polar surface area (TPSA) is 94.9 Å². The Morgan fingerprint density at radius 1 is 1.03 bits per heavy atom. The zero-order valence-corrected chi connectivity index (χ0v) is 20.5. The van der Waals surface area contributed by atoms with Gasteiger partial charge in [-0.25, -0.2) is 14.8 Å². The fraction of sp³-hybridized carbons (Fsp3) is 0.148. The monoisotopic (exact) mass is 518 g/mol. The van der Waals surface area contributed by atoms with Crippen molar-refractivity contribution in [3.8, 4) is 16.9 Å². The summed E-state index contributed by atoms with van der Waals surface area (Å²) in [7, 11) is 0. The molecule has 1 aliphatic heterocycles. The molecule has 1 fully saturated rings. The summed E-state index contributed by atoms with van der Waals surface area (Å²) in [5.74, 6) is 0.153. The number of nitrogens with one attached hydrogen (secondary N) is 2. The molecule has 37 heavy (non-hydrogen) atoms. The predicted molar refractivity (Wildman–Crippen MR) is 145 cm³/mol. The maximum Gasteiger partial charge on any atom is 0.245 e. The SMILES string of the molecule is Oc1ccccc1-c1cc(Cl)cc(Nc2ccc(/C=N/Nc3ncc(F)c(N4CCOCC4)n3)cc2)c1. The number of phenols is 1. The Balaban J connectivity index is 1.23. The smallest absolute Gasteiger partial charge is 0.245 e. The second-order valence-electron chi connectivity index (χ2n) is 8.33. The molecule has 5 rings (SSSR count). The van der Waals surface area contributed by atoms with Gasteiger partial charge in [0.05, 0.1) is 25.6 Å². The van der Waals surface area contributed by atoms with Crippen LogP contribution in [0.2, 0.25) is 5.02 Å². The molecule has 1 aromatic heterocycles. The van der Waals surface area contributed by atoms with Gasteiger partial charge in [0.25, 0.3) is 0 Å². The van der Waals surface area contributed by atoms with Gasteiger partial charge in [-0.2, -0.15) is 10.1 Å². The normalized spacial score (nSPS) is 13.6. The molecule has 0 atom stereocenters. The number of aromatic nitrogens is 2. The summed E-state index contributed by atoms with van der Waals surface area (Å²) in [5, 5.41) is 18.2. The maximum absolute atomic E-state index is 14.2. The van der Waals surface area contributed by atoms with Crippen LogP contribution in [0.1, 0.15) is 5.56 Å². The van der Waals surface area contributed by atoms with E-state index in [9.17, 15) is 9.50 Å². The lowest BCUT2D eigenvalue weighted by Gasteiger charge is -2.27. The summed E-state index contributed by atoms with van der Waals surface area (Å²) in [6.45, 7) is 2.21. The molecule has 4 aromatic rings. The highest BCUT2D eigenvalue weighted by Gasteiger charge is 2.17. The first-order valence-electron chi connectivity index (χ1n) is 11.7. The Morgan fingerprint density at radius 2 is 1.81 bits per heavy atom. The second kappa shape index (κ2) is 11.2. The van der Waals surface area contributed by atoms with Crippen molar-refractivity contribution >= 4 is 41.0 Å². The molecule has 0 amide bonds. The molecule has 3 N–H and O–H groups in total. The number of para-hydroxylation sites is 1. The van der Waals surface area contributed by atoms with E-state index < -0.39 is 5.82 Å². The van der Waals surface area contributed by atoms with E-state index in [1.807, 2.05) is 59.5 Å². The van der Waals surface area contributed by atoms with Crippen molar-refractivity contribution in [2.24, 2.45) is 5.10 Å². The zero-order chi connectivity index (χ0) is 25.6. The van der Waals surface area contributed by atoms with E-state index in [4.69, 9.17) is 16.3 Å². The number of nitrogens with zero attached hydrogens (tertiary/aromatic N) is 4. The van der Waals surface area contributed by atoms with Crippen LogP contribution in [0, 0.1) is 5.82 Å². The largest absolute Gasteiger partial charge is 0.507 e. The van der Waals surface area contributed by atoms with Gasteiger partial charge in [0.1, 0.15) is 5.75 Å². The molecule has 1 saturated heterocycles. The minimum absolute atomic E-state index is 0.191. The number of aromatic hydroxyl groups is 1. The van der Waals surface area contributed by atoms with Gasteiger partial charge >= 0.3 is 0 Å². The highest BCUT2D eigenvalue weighted by atomic mass is 35.5. The Bertz CT molecular complexity index is 1410. The van der Waals surface area contributed by atoms with Crippen LogP contribution in [-0.4, -0.2) is 47.6 Å². The summed E-state index contributed by atoms with van der Waals surface area (Å²) >= 11 is 6.33. The van der Waals surface area contributed by atoms with Crippen LogP contribution in [0.5, 0.6) is 5.75 Å². The van der Waals surface area contributed by atoms with Crippen molar-refractivity contribution in [3.05, 3.63) is 89.3 Å². The number of halogens is 2. The number of ether oxygens (including phenoxy) is 1. The van der Waals surface area contributed by atoms with Crippen molar-refractivity contribution in [1.82, 2.24) is 9.97 Å². The van der Waals surface area contributed by atoms with Crippen LogP contribution >= 0.6 is 11.6 Å². The molecule has 0 bridgehead atoms. The van der Waals surface area contributed by atoms with E-state index in [0.717, 1.165) is 28.7 Å². The molecule has 0 saturated carbocycles. The Kier molecular flexibility index (Phi) is 7.43. The van der Waals surface area contributed by atoms with E-state index in [1.54, 1.807) is 18.3 Å². The molecule has 0 unspecified atom stereocenters. The number of phenolic OH excluding ortho intramolecular Hbond substituents is 1. The summed E-state index contributed by atoms with van der Waals surface area (Å²) in [6, 6.07) is 20.3. The summed E-state index contributed by atoms with van der Waals surface area (Å²) in [5.41, 5.74) is 6.76. The van der Waals surface area contributed by atoms with Gasteiger partial charge in [-0.15, -0.1) is 0 Å². The third-order valence-corrected chi connectivity index (χ3v) is 5.94. The number of anilines is 4. The van der Waals surface area contributed by atoms with E-state index in [-0.39, 0.29) is 17.5 Å². The summed E-state index contributed by atoms with van der Waals surface area (Å²) < 4.78 is 19.5. The van der Waals surface area contributed by atoms with Gasteiger partial charge in [-0.1, -0.05) is 41.9 Å². The fourth-order valence-corrected chi connectivity index (χ4v) is 4.16. The van der Waals surface area contributed by atoms with Gasteiger partial charge in [-0.3, -0.25) is 0 Å². The lowest BCUT2D eigenvalue weighted by molar-refractivity contribution is 0.122. The lowest BCUT2D eigenvalue weighted by Crippen LogP contribution is -2.37. The predicted octanol–water partition coefficient (Wildman–Crippen LogP) is 5.67. The first kappa shape index (κ1) is 24.5. The van der Waals surface area contributed by atoms with Gasteiger partial charge in [0.2, 0.25) is 5.95 Å². The first-order chi connectivity index (χ1) is 18.0. The minimum Gasteiger partial charge on any atom is -0.507 e. The number of morpholine rings is 1. The van der Waals surface area contributed by atoms with Gasteiger partial charge < -0.3 is 20.1 Å². The van der Waals surface area contributed by atoms with Crippen LogP contribution in [0.25, 0.3) is 11.1 Å². The zero-order valence-electron chi connectivity index (χ0n) is 19.7. The minimum atomic E-state index is -0.480. The van der Waals surface area contributed by atoms with Gasteiger partial charge in [0, 0.05) is 35.1 Å². The van der Waals surface area contributed by atoms with Crippen LogP contribution in [0.4, 0.5) is 27.5 Å². The molecular formula is C27H24ClFN6O2. The molecular weight excluding hydrogens is 495 g/mol. The Hall–Kier alpha value is -4.21. The Labute approximate surface area is 218 Å². The average molecular weight is 519 g/mol. The van der Waals surface area contributed by atoms with Crippen molar-refractivity contribution in [2.45, 2.75) is 0 Å². The van der Waals surface area contributed by atoms with Crippen molar-refractivity contribution in [3.63, 3.8) is 0 Å². The average Bonchev–Trinajstić information content (AvgIpc) is 2.91. The molecule has 0 spiro atoms. The van der Waals surface area contributed by atoms with Gasteiger partial charge in [0.15, 0.2) is 11.6 Å². The van der Waals surface area contributed by atoms with E-state index in [0.29, 0.717) is 36.9 Å². The molecule has 1 aliphatic rings. The van der Waals surface area contributed by atoms with Crippen molar-refractivity contribution < 1.29 is 14.2 Å². The third kappa shape index (κ3) is 6.14. The molecule has 0 radical (unpaired) electrons. The quantitative estimate of drug-likeness (QED) is 0.214. The standard InChI is InChI=1S/C27H24ClFN6O2/c28-20-13-19(23-3-1-2-4-25(23)36)14-22(15-20)32-21-7-5-18(6-8-21)16-31-34-27-30-17-24(29)26(33-27)35-9-11-37-12-10-35/h1-8,13-17,32,36H,9-12H2,(H,30,33,34)/b31-16+. The number of rotatable bonds is 7. The number of benzene rings is 3. The third-order valence-electron chi connectivity index (χ3n) is 5.73. The fourth-order valence-electron chi connectivity index (χ4n) is 3.93. The lowest BCUT2D eigenvalue weighted by atomic mass is 10.0. The van der Waals surface area contributed by atoms with Crippen LogP contribution < -0.4 is 15.6 Å². The molecule has 2 heterocycles. The number of hydrogen-bond donors (Lipinski definition) is 3. The van der Waals surface area contributed by atoms with Crippen LogP contribution in [0.3, 0.4) is 0 Å². The first-order valence-corrected chi connectivity index (χ1v) is 12.0. The second-order valence-corrected chi connectivity index (χ2v) is 8.76. The van der Waals surface area contributed by atoms with Crippen LogP contribution in [-0.2, 0) is 4.74 Å². The Morgan fingerprint density at radius 3 is 2.59 bits per heavy atom. The van der Waals surface area contributed by atoms with E-state index in [1.165, 1.54) is 0 Å². The van der Waals surface area contributed by atoms with Crippen molar-refractivity contribution in [2.75, 3.05) is 41.9 Å². The summed E-state index contributed by atoms with van der Waals surface area (Å²) in [4.78, 5) is 10.0. The molecule has 3 aromatic carbocycles. The highest BCUT2D eigenvalue weighted by molar-refractivity contribution is 6.31.